The molecule has 160 valence electrons. The summed E-state index contributed by atoms with van der Waals surface area (Å²) in [5.74, 6) is 1.84. The number of nitrogens with one attached hydrogen (secondary N) is 1. The van der Waals surface area contributed by atoms with Crippen LogP contribution in [0, 0.1) is 0 Å². The van der Waals surface area contributed by atoms with Crippen LogP contribution in [0.5, 0.6) is 0 Å². The van der Waals surface area contributed by atoms with E-state index in [1.54, 1.807) is 0 Å². The number of piperazine rings is 1. The number of aromatic nitrogens is 3. The summed E-state index contributed by atoms with van der Waals surface area (Å²) in [7, 11) is 0. The number of hydrogen-bond donors (Lipinski definition) is 1. The molecular formula is C23H32N6O. The fraction of sp³-hybridized carbons (Fsp3) is 0.696. The Morgan fingerprint density at radius 1 is 1.07 bits per heavy atom. The number of carbonyl (C=O) groups is 1. The lowest BCUT2D eigenvalue weighted by molar-refractivity contribution is -0.135. The minimum absolute atomic E-state index is 0.287. The van der Waals surface area contributed by atoms with Crippen LogP contribution in [0.15, 0.2) is 6.20 Å². The molecule has 2 aromatic heterocycles. The number of aromatic amines is 1. The zero-order valence-electron chi connectivity index (χ0n) is 17.8. The number of amides is 1. The van der Waals surface area contributed by atoms with Crippen molar-refractivity contribution in [3.63, 3.8) is 0 Å². The number of nitrogens with zero attached hydrogens (tertiary/aromatic N) is 5. The normalized spacial score (nSPS) is 23.9. The summed E-state index contributed by atoms with van der Waals surface area (Å²) < 4.78 is 0. The van der Waals surface area contributed by atoms with Crippen molar-refractivity contribution in [2.45, 2.75) is 63.5 Å². The van der Waals surface area contributed by atoms with Gasteiger partial charge in [0.2, 0.25) is 5.91 Å². The van der Waals surface area contributed by atoms with Crippen molar-refractivity contribution in [3.05, 3.63) is 23.3 Å². The van der Waals surface area contributed by atoms with Crippen LogP contribution in [0.3, 0.4) is 0 Å². The molecule has 1 saturated heterocycles. The second-order valence-corrected chi connectivity index (χ2v) is 9.66. The second-order valence-electron chi connectivity index (χ2n) is 9.66. The van der Waals surface area contributed by atoms with E-state index in [1.165, 1.54) is 55.2 Å². The van der Waals surface area contributed by atoms with E-state index in [-0.39, 0.29) is 5.91 Å². The molecule has 7 heteroatoms. The summed E-state index contributed by atoms with van der Waals surface area (Å²) in [6.07, 6.45) is 10.8. The topological polar surface area (TPSA) is 68.4 Å². The number of H-pyrrole nitrogens is 1. The molecule has 7 nitrogen and oxygen atoms in total. The van der Waals surface area contributed by atoms with Gasteiger partial charge in [-0.3, -0.25) is 14.6 Å². The van der Waals surface area contributed by atoms with Crippen LogP contribution in [-0.2, 0) is 17.8 Å². The molecule has 2 saturated carbocycles. The van der Waals surface area contributed by atoms with Crippen LogP contribution in [0.4, 0.5) is 0 Å². The Morgan fingerprint density at radius 3 is 2.57 bits per heavy atom. The van der Waals surface area contributed by atoms with Gasteiger partial charge in [-0.05, 0) is 37.7 Å². The van der Waals surface area contributed by atoms with Crippen LogP contribution >= 0.6 is 0 Å². The first-order valence-electron chi connectivity index (χ1n) is 11.8. The third-order valence-corrected chi connectivity index (χ3v) is 7.91. The van der Waals surface area contributed by atoms with Crippen molar-refractivity contribution in [1.82, 2.24) is 29.7 Å². The van der Waals surface area contributed by atoms with Gasteiger partial charge in [0.05, 0.1) is 6.54 Å². The van der Waals surface area contributed by atoms with Crippen LogP contribution in [0.2, 0.25) is 0 Å². The maximum Gasteiger partial charge on any atom is 0.236 e. The summed E-state index contributed by atoms with van der Waals surface area (Å²) in [6.45, 7) is 6.13. The van der Waals surface area contributed by atoms with Crippen LogP contribution in [0.1, 0.15) is 61.5 Å². The van der Waals surface area contributed by atoms with Crippen molar-refractivity contribution < 1.29 is 4.79 Å². The highest BCUT2D eigenvalue weighted by molar-refractivity contribution is 5.81. The summed E-state index contributed by atoms with van der Waals surface area (Å²) >= 11 is 0. The number of fused-ring (bicyclic) bond motifs is 3. The van der Waals surface area contributed by atoms with Gasteiger partial charge in [-0.25, -0.2) is 9.97 Å². The van der Waals surface area contributed by atoms with Gasteiger partial charge in [-0.15, -0.1) is 0 Å². The lowest BCUT2D eigenvalue weighted by Gasteiger charge is -2.43. The molecule has 3 fully saturated rings. The van der Waals surface area contributed by atoms with Crippen LogP contribution < -0.4 is 0 Å². The third kappa shape index (κ3) is 3.32. The first-order valence-corrected chi connectivity index (χ1v) is 11.8. The monoisotopic (exact) mass is 408 g/mol. The van der Waals surface area contributed by atoms with Crippen LogP contribution in [-0.4, -0.2) is 80.9 Å². The predicted molar refractivity (Wildman–Crippen MR) is 115 cm³/mol. The Morgan fingerprint density at radius 2 is 1.87 bits per heavy atom. The Labute approximate surface area is 177 Å². The molecule has 1 N–H and O–H groups in total. The largest absolute Gasteiger partial charge is 0.342 e. The summed E-state index contributed by atoms with van der Waals surface area (Å²) in [5.41, 5.74) is 3.55. The van der Waals surface area contributed by atoms with E-state index in [9.17, 15) is 4.79 Å². The van der Waals surface area contributed by atoms with Crippen molar-refractivity contribution in [1.29, 1.82) is 0 Å². The second kappa shape index (κ2) is 7.61. The smallest absolute Gasteiger partial charge is 0.236 e. The Bertz CT molecular complexity index is 939. The van der Waals surface area contributed by atoms with E-state index in [2.05, 4.69) is 24.7 Å². The molecule has 2 aliphatic heterocycles. The standard InChI is InChI=1S/C23H32N6O/c30-21(29-11-9-28(10-12-29)17-5-2-6-17)15-27-8-7-18-19-13-24-22(16-3-1-4-16)26-23(19)25-20(18)14-27/h13,16-17H,1-12,14-15H2,(H,24,25,26). The number of rotatable bonds is 4. The highest BCUT2D eigenvalue weighted by Gasteiger charge is 2.31. The zero-order valence-corrected chi connectivity index (χ0v) is 17.8. The quantitative estimate of drug-likeness (QED) is 0.841. The van der Waals surface area contributed by atoms with Crippen molar-refractivity contribution in [2.24, 2.45) is 0 Å². The molecule has 4 aliphatic rings. The zero-order chi connectivity index (χ0) is 20.1. The lowest BCUT2D eigenvalue weighted by atomic mass is 9.85. The van der Waals surface area contributed by atoms with E-state index in [1.807, 2.05) is 6.20 Å². The molecule has 2 aliphatic carbocycles. The minimum Gasteiger partial charge on any atom is -0.342 e. The first-order chi connectivity index (χ1) is 14.7. The van der Waals surface area contributed by atoms with E-state index >= 15 is 0 Å². The molecule has 0 unspecified atom stereocenters. The minimum atomic E-state index is 0.287. The van der Waals surface area contributed by atoms with Gasteiger partial charge in [0, 0.05) is 68.5 Å². The fourth-order valence-electron chi connectivity index (χ4n) is 5.46. The van der Waals surface area contributed by atoms with Crippen molar-refractivity contribution >= 4 is 16.9 Å². The maximum absolute atomic E-state index is 12.9. The molecule has 0 aromatic carbocycles. The molecule has 2 aromatic rings. The summed E-state index contributed by atoms with van der Waals surface area (Å²) in [4.78, 5) is 32.9. The highest BCUT2D eigenvalue weighted by Crippen LogP contribution is 2.35. The van der Waals surface area contributed by atoms with E-state index in [4.69, 9.17) is 4.98 Å². The number of hydrogen-bond acceptors (Lipinski definition) is 5. The van der Waals surface area contributed by atoms with Gasteiger partial charge in [-0.2, -0.15) is 0 Å². The van der Waals surface area contributed by atoms with Crippen LogP contribution in [0.25, 0.3) is 11.0 Å². The van der Waals surface area contributed by atoms with Gasteiger partial charge in [0.1, 0.15) is 11.5 Å². The lowest BCUT2D eigenvalue weighted by Crippen LogP contribution is -2.55. The predicted octanol–water partition coefficient (Wildman–Crippen LogP) is 2.28. The molecule has 0 bridgehead atoms. The Balaban J connectivity index is 1.09. The fourth-order valence-corrected chi connectivity index (χ4v) is 5.46. The van der Waals surface area contributed by atoms with Gasteiger partial charge in [-0.1, -0.05) is 12.8 Å². The van der Waals surface area contributed by atoms with Gasteiger partial charge in [0.15, 0.2) is 0 Å². The Hall–Kier alpha value is -1.99. The van der Waals surface area contributed by atoms with Gasteiger partial charge in [0.25, 0.3) is 0 Å². The van der Waals surface area contributed by atoms with E-state index in [0.29, 0.717) is 12.5 Å². The molecule has 4 heterocycles. The average Bonchev–Trinajstić information content (AvgIpc) is 3.02. The van der Waals surface area contributed by atoms with Gasteiger partial charge >= 0.3 is 0 Å². The molecule has 1 amide bonds. The maximum atomic E-state index is 12.9. The molecule has 0 atom stereocenters. The first kappa shape index (κ1) is 18.8. The van der Waals surface area contributed by atoms with E-state index < -0.39 is 0 Å². The molecule has 0 spiro atoms. The molecule has 0 radical (unpaired) electrons. The number of carbonyl (C=O) groups excluding carboxylic acids is 1. The average molecular weight is 409 g/mol. The van der Waals surface area contributed by atoms with E-state index in [0.717, 1.165) is 63.2 Å². The summed E-state index contributed by atoms with van der Waals surface area (Å²) in [6, 6.07) is 0.790. The van der Waals surface area contributed by atoms with Crippen molar-refractivity contribution in [3.8, 4) is 0 Å². The Kier molecular flexibility index (Phi) is 4.76. The third-order valence-electron chi connectivity index (χ3n) is 7.91. The summed E-state index contributed by atoms with van der Waals surface area (Å²) in [5, 5.41) is 1.17. The molecule has 6 rings (SSSR count). The molecular weight excluding hydrogens is 376 g/mol. The SMILES string of the molecule is O=C(CN1CCc2c([nH]c3nc(C4CCC4)ncc23)C1)N1CCN(C2CCC2)CC1. The van der Waals surface area contributed by atoms with Gasteiger partial charge < -0.3 is 9.88 Å². The van der Waals surface area contributed by atoms with Crippen molar-refractivity contribution in [2.75, 3.05) is 39.3 Å². The highest BCUT2D eigenvalue weighted by atomic mass is 16.2. The molecule has 30 heavy (non-hydrogen) atoms.